The number of benzene rings is 1. The number of amides is 1. The minimum absolute atomic E-state index is 0.104. The van der Waals surface area contributed by atoms with Crippen molar-refractivity contribution < 1.29 is 19.1 Å². The molecular formula is C16H19NO4. The maximum absolute atomic E-state index is 12.1. The number of esters is 1. The van der Waals surface area contributed by atoms with Crippen molar-refractivity contribution in [1.82, 2.24) is 4.90 Å². The first-order valence-corrected chi connectivity index (χ1v) is 6.94. The number of likely N-dealkylation sites (tertiary alicyclic amines) is 1. The van der Waals surface area contributed by atoms with E-state index < -0.39 is 5.97 Å². The molecule has 112 valence electrons. The first-order chi connectivity index (χ1) is 10.2. The molecule has 1 aromatic rings. The molecule has 0 unspecified atom stereocenters. The van der Waals surface area contributed by atoms with Gasteiger partial charge in [-0.3, -0.25) is 0 Å². The highest BCUT2D eigenvalue weighted by molar-refractivity contribution is 5.82. The van der Waals surface area contributed by atoms with Crippen LogP contribution in [0.3, 0.4) is 0 Å². The first kappa shape index (κ1) is 15.1. The smallest absolute Gasteiger partial charge is 0.410 e. The summed E-state index contributed by atoms with van der Waals surface area (Å²) in [7, 11) is 1.33. The number of methoxy groups -OCH3 is 1. The van der Waals surface area contributed by atoms with Crippen molar-refractivity contribution in [1.29, 1.82) is 0 Å². The summed E-state index contributed by atoms with van der Waals surface area (Å²) in [6, 6.07) is 9.44. The lowest BCUT2D eigenvalue weighted by Crippen LogP contribution is -2.34. The van der Waals surface area contributed by atoms with E-state index in [1.165, 1.54) is 13.2 Å². The second-order valence-corrected chi connectivity index (χ2v) is 4.83. The molecule has 0 radical (unpaired) electrons. The molecule has 1 aliphatic heterocycles. The van der Waals surface area contributed by atoms with Crippen molar-refractivity contribution >= 4 is 12.1 Å². The number of ether oxygens (including phenoxy) is 2. The summed E-state index contributed by atoms with van der Waals surface area (Å²) in [5, 5.41) is 0. The number of carbonyl (C=O) groups is 2. The van der Waals surface area contributed by atoms with Gasteiger partial charge in [-0.05, 0) is 18.4 Å². The van der Waals surface area contributed by atoms with Crippen LogP contribution in [-0.4, -0.2) is 36.7 Å². The number of hydrogen-bond donors (Lipinski definition) is 0. The Morgan fingerprint density at radius 2 is 2.10 bits per heavy atom. The Bertz CT molecular complexity index is 512. The van der Waals surface area contributed by atoms with Crippen molar-refractivity contribution in [2.75, 3.05) is 13.7 Å². The summed E-state index contributed by atoms with van der Waals surface area (Å²) in [6.45, 7) is 0.896. The molecule has 1 atom stereocenters. The number of hydrogen-bond acceptors (Lipinski definition) is 4. The lowest BCUT2D eigenvalue weighted by molar-refractivity contribution is -0.134. The highest BCUT2D eigenvalue weighted by Gasteiger charge is 2.28. The van der Waals surface area contributed by atoms with Gasteiger partial charge in [0.05, 0.1) is 13.2 Å². The van der Waals surface area contributed by atoms with Crippen LogP contribution in [0.15, 0.2) is 42.5 Å². The van der Waals surface area contributed by atoms with Gasteiger partial charge in [0.15, 0.2) is 0 Å². The van der Waals surface area contributed by atoms with Gasteiger partial charge in [-0.25, -0.2) is 9.59 Å². The zero-order valence-corrected chi connectivity index (χ0v) is 12.0. The fraction of sp³-hybridized carbons (Fsp3) is 0.375. The second kappa shape index (κ2) is 7.47. The van der Waals surface area contributed by atoms with E-state index in [-0.39, 0.29) is 18.7 Å². The third-order valence-electron chi connectivity index (χ3n) is 3.39. The largest absolute Gasteiger partial charge is 0.466 e. The van der Waals surface area contributed by atoms with Crippen LogP contribution in [0.4, 0.5) is 4.79 Å². The molecular weight excluding hydrogens is 270 g/mol. The Balaban J connectivity index is 1.88. The topological polar surface area (TPSA) is 55.8 Å². The molecule has 0 spiro atoms. The molecule has 1 aromatic carbocycles. The van der Waals surface area contributed by atoms with E-state index in [4.69, 9.17) is 4.74 Å². The highest BCUT2D eigenvalue weighted by Crippen LogP contribution is 2.19. The summed E-state index contributed by atoms with van der Waals surface area (Å²) >= 11 is 0. The fourth-order valence-corrected chi connectivity index (χ4v) is 2.28. The Labute approximate surface area is 124 Å². The molecule has 1 saturated heterocycles. The lowest BCUT2D eigenvalue weighted by Gasteiger charge is -2.21. The average Bonchev–Trinajstić information content (AvgIpc) is 2.99. The third kappa shape index (κ3) is 4.34. The van der Waals surface area contributed by atoms with Gasteiger partial charge in [-0.15, -0.1) is 0 Å². The average molecular weight is 289 g/mol. The summed E-state index contributed by atoms with van der Waals surface area (Å²) in [4.78, 5) is 24.9. The highest BCUT2D eigenvalue weighted by atomic mass is 16.6. The minimum atomic E-state index is -0.417. The zero-order chi connectivity index (χ0) is 15.1. The van der Waals surface area contributed by atoms with Gasteiger partial charge < -0.3 is 14.4 Å². The number of nitrogens with zero attached hydrogens (tertiary/aromatic N) is 1. The molecule has 5 nitrogen and oxygen atoms in total. The van der Waals surface area contributed by atoms with Gasteiger partial charge in [0.1, 0.15) is 6.61 Å². The normalized spacial score (nSPS) is 18.0. The van der Waals surface area contributed by atoms with Crippen molar-refractivity contribution in [2.45, 2.75) is 25.5 Å². The van der Waals surface area contributed by atoms with Crippen LogP contribution in [0.1, 0.15) is 18.4 Å². The molecule has 21 heavy (non-hydrogen) atoms. The van der Waals surface area contributed by atoms with Crippen molar-refractivity contribution in [3.05, 3.63) is 48.0 Å². The van der Waals surface area contributed by atoms with Crippen molar-refractivity contribution in [2.24, 2.45) is 0 Å². The Morgan fingerprint density at radius 1 is 1.33 bits per heavy atom. The fourth-order valence-electron chi connectivity index (χ4n) is 2.28. The summed E-state index contributed by atoms with van der Waals surface area (Å²) in [5.74, 6) is -0.417. The van der Waals surface area contributed by atoms with Crippen LogP contribution in [0.25, 0.3) is 0 Å². The van der Waals surface area contributed by atoms with Gasteiger partial charge in [0.25, 0.3) is 0 Å². The van der Waals surface area contributed by atoms with E-state index in [0.29, 0.717) is 6.54 Å². The van der Waals surface area contributed by atoms with Gasteiger partial charge >= 0.3 is 12.1 Å². The number of carbonyl (C=O) groups excluding carboxylic acids is 2. The van der Waals surface area contributed by atoms with E-state index in [0.717, 1.165) is 18.4 Å². The predicted molar refractivity (Wildman–Crippen MR) is 77.5 cm³/mol. The van der Waals surface area contributed by atoms with Crippen molar-refractivity contribution in [3.8, 4) is 0 Å². The maximum atomic E-state index is 12.1. The molecule has 0 aromatic heterocycles. The molecule has 0 N–H and O–H groups in total. The molecule has 1 amide bonds. The van der Waals surface area contributed by atoms with Crippen LogP contribution in [0, 0.1) is 0 Å². The van der Waals surface area contributed by atoms with E-state index in [1.54, 1.807) is 11.0 Å². The molecule has 1 heterocycles. The van der Waals surface area contributed by atoms with Gasteiger partial charge in [-0.2, -0.15) is 0 Å². The first-order valence-electron chi connectivity index (χ1n) is 6.94. The van der Waals surface area contributed by atoms with Crippen LogP contribution in [0.5, 0.6) is 0 Å². The van der Waals surface area contributed by atoms with Crippen LogP contribution in [-0.2, 0) is 20.9 Å². The molecule has 2 rings (SSSR count). The molecule has 0 bridgehead atoms. The van der Waals surface area contributed by atoms with Crippen LogP contribution >= 0.6 is 0 Å². The second-order valence-electron chi connectivity index (χ2n) is 4.83. The van der Waals surface area contributed by atoms with Gasteiger partial charge in [0, 0.05) is 12.6 Å². The Hall–Kier alpha value is -2.30. The SMILES string of the molecule is COC(=O)/C=C/[C@H]1CCCN1C(=O)OCc1ccccc1. The quantitative estimate of drug-likeness (QED) is 0.631. The lowest BCUT2D eigenvalue weighted by atomic mass is 10.2. The van der Waals surface area contributed by atoms with E-state index in [2.05, 4.69) is 4.74 Å². The Kier molecular flexibility index (Phi) is 5.37. The van der Waals surface area contributed by atoms with Crippen LogP contribution in [0.2, 0.25) is 0 Å². The zero-order valence-electron chi connectivity index (χ0n) is 12.0. The number of rotatable bonds is 4. The molecule has 0 saturated carbocycles. The standard InChI is InChI=1S/C16H19NO4/c1-20-15(18)10-9-14-8-5-11-17(14)16(19)21-12-13-6-3-2-4-7-13/h2-4,6-7,9-10,14H,5,8,11-12H2,1H3/b10-9+/t14-/m1/s1. The van der Waals surface area contributed by atoms with Crippen molar-refractivity contribution in [3.63, 3.8) is 0 Å². The Morgan fingerprint density at radius 3 is 2.81 bits per heavy atom. The van der Waals surface area contributed by atoms with E-state index in [1.807, 2.05) is 30.3 Å². The van der Waals surface area contributed by atoms with Gasteiger partial charge in [-0.1, -0.05) is 36.4 Å². The third-order valence-corrected chi connectivity index (χ3v) is 3.39. The summed E-state index contributed by atoms with van der Waals surface area (Å²) < 4.78 is 9.86. The molecule has 1 fully saturated rings. The monoisotopic (exact) mass is 289 g/mol. The summed E-state index contributed by atoms with van der Waals surface area (Å²) in [5.41, 5.74) is 0.951. The maximum Gasteiger partial charge on any atom is 0.410 e. The van der Waals surface area contributed by atoms with E-state index in [9.17, 15) is 9.59 Å². The molecule has 0 aliphatic carbocycles. The minimum Gasteiger partial charge on any atom is -0.466 e. The molecule has 1 aliphatic rings. The van der Waals surface area contributed by atoms with Crippen LogP contribution < -0.4 is 0 Å². The predicted octanol–water partition coefficient (Wildman–Crippen LogP) is 2.52. The molecule has 5 heteroatoms. The summed E-state index contributed by atoms with van der Waals surface area (Å²) in [6.07, 6.45) is 4.43. The van der Waals surface area contributed by atoms with Gasteiger partial charge in [0.2, 0.25) is 0 Å². The van der Waals surface area contributed by atoms with E-state index >= 15 is 0 Å².